The first kappa shape index (κ1) is 21.1. The maximum Gasteiger partial charge on any atom is 0.258 e. The molecule has 1 amide bonds. The molecule has 1 saturated heterocycles. The Morgan fingerprint density at radius 1 is 1.19 bits per heavy atom. The topological polar surface area (TPSA) is 73.2 Å². The van der Waals surface area contributed by atoms with Gasteiger partial charge in [-0.15, -0.1) is 12.4 Å². The summed E-state index contributed by atoms with van der Waals surface area (Å²) in [6.07, 6.45) is 1.65. The van der Waals surface area contributed by atoms with E-state index in [1.807, 2.05) is 24.3 Å². The van der Waals surface area contributed by atoms with Crippen LogP contribution in [0.1, 0.15) is 11.8 Å². The molecule has 2 aromatic rings. The SMILES string of the molecule is COc1ccccc1OCC(=O)NCC(c1ccco1)N1CCOCC1.Cl. The minimum Gasteiger partial charge on any atom is -0.493 e. The number of morpholine rings is 1. The number of ether oxygens (including phenoxy) is 3. The van der Waals surface area contributed by atoms with Crippen molar-refractivity contribution in [2.45, 2.75) is 6.04 Å². The number of hydrogen-bond acceptors (Lipinski definition) is 6. The fourth-order valence-electron chi connectivity index (χ4n) is 2.92. The monoisotopic (exact) mass is 396 g/mol. The van der Waals surface area contributed by atoms with Crippen molar-refractivity contribution in [3.63, 3.8) is 0 Å². The van der Waals surface area contributed by atoms with Crippen molar-refractivity contribution in [1.29, 1.82) is 0 Å². The van der Waals surface area contributed by atoms with Gasteiger partial charge in [-0.05, 0) is 24.3 Å². The van der Waals surface area contributed by atoms with Gasteiger partial charge in [-0.1, -0.05) is 12.1 Å². The normalized spacial score (nSPS) is 15.4. The van der Waals surface area contributed by atoms with Gasteiger partial charge in [-0.25, -0.2) is 0 Å². The average molecular weight is 397 g/mol. The molecule has 1 aromatic carbocycles. The smallest absolute Gasteiger partial charge is 0.258 e. The van der Waals surface area contributed by atoms with Crippen molar-refractivity contribution < 1.29 is 23.4 Å². The second-order valence-corrected chi connectivity index (χ2v) is 5.92. The highest BCUT2D eigenvalue weighted by Gasteiger charge is 2.25. The van der Waals surface area contributed by atoms with E-state index in [0.717, 1.165) is 18.8 Å². The molecule has 0 radical (unpaired) electrons. The van der Waals surface area contributed by atoms with Crippen LogP contribution in [0.5, 0.6) is 11.5 Å². The maximum atomic E-state index is 12.2. The van der Waals surface area contributed by atoms with E-state index in [-0.39, 0.29) is 31.0 Å². The van der Waals surface area contributed by atoms with E-state index in [2.05, 4.69) is 10.2 Å². The molecule has 1 N–H and O–H groups in total. The lowest BCUT2D eigenvalue weighted by Crippen LogP contribution is -2.44. The molecular weight excluding hydrogens is 372 g/mol. The zero-order valence-electron chi connectivity index (χ0n) is 15.3. The lowest BCUT2D eigenvalue weighted by molar-refractivity contribution is -0.123. The third-order valence-electron chi connectivity index (χ3n) is 4.28. The van der Waals surface area contributed by atoms with Crippen LogP contribution >= 0.6 is 12.4 Å². The summed E-state index contributed by atoms with van der Waals surface area (Å²) in [6, 6.07) is 11.0. The number of benzene rings is 1. The van der Waals surface area contributed by atoms with Crippen LogP contribution < -0.4 is 14.8 Å². The van der Waals surface area contributed by atoms with Gasteiger partial charge in [0.05, 0.1) is 32.6 Å². The summed E-state index contributed by atoms with van der Waals surface area (Å²) >= 11 is 0. The van der Waals surface area contributed by atoms with Crippen LogP contribution in [0.4, 0.5) is 0 Å². The van der Waals surface area contributed by atoms with E-state index in [1.54, 1.807) is 25.5 Å². The van der Waals surface area contributed by atoms with Crippen molar-refractivity contribution in [3.05, 3.63) is 48.4 Å². The van der Waals surface area contributed by atoms with E-state index in [9.17, 15) is 4.79 Å². The van der Waals surface area contributed by atoms with Crippen LogP contribution in [0.25, 0.3) is 0 Å². The van der Waals surface area contributed by atoms with Crippen molar-refractivity contribution in [3.8, 4) is 11.5 Å². The van der Waals surface area contributed by atoms with Gasteiger partial charge in [0, 0.05) is 19.6 Å². The number of halogens is 1. The molecule has 1 unspecified atom stereocenters. The van der Waals surface area contributed by atoms with E-state index in [4.69, 9.17) is 18.6 Å². The molecule has 1 atom stereocenters. The molecular formula is C19H25ClN2O5. The highest BCUT2D eigenvalue weighted by molar-refractivity contribution is 5.85. The Balaban J connectivity index is 0.00000261. The molecule has 8 heteroatoms. The molecule has 27 heavy (non-hydrogen) atoms. The number of amides is 1. The van der Waals surface area contributed by atoms with Gasteiger partial charge < -0.3 is 23.9 Å². The molecule has 0 bridgehead atoms. The summed E-state index contributed by atoms with van der Waals surface area (Å²) in [5.41, 5.74) is 0. The minimum atomic E-state index is -0.194. The standard InChI is InChI=1S/C19H24N2O5.ClH/c1-23-17-5-2-3-6-18(17)26-14-19(22)20-13-15(16-7-4-10-25-16)21-8-11-24-12-9-21;/h2-7,10,15H,8-9,11-14H2,1H3,(H,20,22);1H. The number of hydrogen-bond donors (Lipinski definition) is 1. The van der Waals surface area contributed by atoms with Gasteiger partial charge in [0.15, 0.2) is 18.1 Å². The van der Waals surface area contributed by atoms with E-state index in [1.165, 1.54) is 0 Å². The molecule has 0 saturated carbocycles. The van der Waals surface area contributed by atoms with Crippen molar-refractivity contribution in [2.75, 3.05) is 46.6 Å². The van der Waals surface area contributed by atoms with Gasteiger partial charge in [-0.2, -0.15) is 0 Å². The number of rotatable bonds is 8. The maximum absolute atomic E-state index is 12.2. The molecule has 0 spiro atoms. The lowest BCUT2D eigenvalue weighted by Gasteiger charge is -2.33. The van der Waals surface area contributed by atoms with Crippen LogP contribution in [-0.4, -0.2) is 57.4 Å². The summed E-state index contributed by atoms with van der Waals surface area (Å²) < 4.78 is 21.8. The first-order valence-electron chi connectivity index (χ1n) is 8.65. The largest absolute Gasteiger partial charge is 0.493 e. The van der Waals surface area contributed by atoms with Crippen LogP contribution in [0.3, 0.4) is 0 Å². The fourth-order valence-corrected chi connectivity index (χ4v) is 2.92. The van der Waals surface area contributed by atoms with Crippen molar-refractivity contribution >= 4 is 18.3 Å². The van der Waals surface area contributed by atoms with Gasteiger partial charge in [0.2, 0.25) is 0 Å². The van der Waals surface area contributed by atoms with E-state index < -0.39 is 0 Å². The summed E-state index contributed by atoms with van der Waals surface area (Å²) in [7, 11) is 1.57. The van der Waals surface area contributed by atoms with Crippen LogP contribution in [0.2, 0.25) is 0 Å². The van der Waals surface area contributed by atoms with Crippen LogP contribution in [0, 0.1) is 0 Å². The van der Waals surface area contributed by atoms with E-state index >= 15 is 0 Å². The number of para-hydroxylation sites is 2. The molecule has 0 aliphatic carbocycles. The zero-order valence-corrected chi connectivity index (χ0v) is 16.1. The predicted molar refractivity (Wildman–Crippen MR) is 103 cm³/mol. The number of carbonyl (C=O) groups is 1. The molecule has 1 aromatic heterocycles. The molecule has 7 nitrogen and oxygen atoms in total. The summed E-state index contributed by atoms with van der Waals surface area (Å²) in [5.74, 6) is 1.78. The number of furan rings is 1. The van der Waals surface area contributed by atoms with Gasteiger partial charge in [0.25, 0.3) is 5.91 Å². The quantitative estimate of drug-likeness (QED) is 0.738. The Labute approximate surface area is 165 Å². The summed E-state index contributed by atoms with van der Waals surface area (Å²) in [6.45, 7) is 3.35. The molecule has 3 rings (SSSR count). The second-order valence-electron chi connectivity index (χ2n) is 5.92. The van der Waals surface area contributed by atoms with Crippen LogP contribution in [-0.2, 0) is 9.53 Å². The van der Waals surface area contributed by atoms with Gasteiger partial charge >= 0.3 is 0 Å². The van der Waals surface area contributed by atoms with Gasteiger partial charge in [-0.3, -0.25) is 9.69 Å². The van der Waals surface area contributed by atoms with E-state index in [0.29, 0.717) is 31.3 Å². The second kappa shape index (κ2) is 10.8. The lowest BCUT2D eigenvalue weighted by atomic mass is 10.1. The Bertz CT molecular complexity index is 689. The highest BCUT2D eigenvalue weighted by Crippen LogP contribution is 2.25. The first-order chi connectivity index (χ1) is 12.8. The molecule has 2 heterocycles. The first-order valence-corrected chi connectivity index (χ1v) is 8.65. The Morgan fingerprint density at radius 3 is 2.59 bits per heavy atom. The molecule has 148 valence electrons. The van der Waals surface area contributed by atoms with Crippen LogP contribution in [0.15, 0.2) is 47.1 Å². The zero-order chi connectivity index (χ0) is 18.2. The minimum absolute atomic E-state index is 0. The number of nitrogens with zero attached hydrogens (tertiary/aromatic N) is 1. The third kappa shape index (κ3) is 5.89. The highest BCUT2D eigenvalue weighted by atomic mass is 35.5. The third-order valence-corrected chi connectivity index (χ3v) is 4.28. The fraction of sp³-hybridized carbons (Fsp3) is 0.421. The Hall–Kier alpha value is -2.22. The summed E-state index contributed by atoms with van der Waals surface area (Å²) in [4.78, 5) is 14.5. The Kier molecular flexibility index (Phi) is 8.44. The molecule has 1 aliphatic heterocycles. The van der Waals surface area contributed by atoms with Crippen molar-refractivity contribution in [2.24, 2.45) is 0 Å². The van der Waals surface area contributed by atoms with Gasteiger partial charge in [0.1, 0.15) is 5.76 Å². The number of nitrogens with one attached hydrogen (secondary N) is 1. The molecule has 1 fully saturated rings. The van der Waals surface area contributed by atoms with Crippen molar-refractivity contribution in [1.82, 2.24) is 10.2 Å². The number of carbonyl (C=O) groups excluding carboxylic acids is 1. The number of methoxy groups -OCH3 is 1. The Morgan fingerprint density at radius 2 is 1.93 bits per heavy atom. The average Bonchev–Trinajstić information content (AvgIpc) is 3.22. The summed E-state index contributed by atoms with van der Waals surface area (Å²) in [5, 5.41) is 2.93. The molecule has 1 aliphatic rings. The predicted octanol–water partition coefficient (Wildman–Crippen LogP) is 2.28.